The lowest BCUT2D eigenvalue weighted by molar-refractivity contribution is -0.672. The van der Waals surface area contributed by atoms with Gasteiger partial charge in [-0.2, -0.15) is 0 Å². The van der Waals surface area contributed by atoms with Crippen LogP contribution in [0.2, 0.25) is 0 Å². The molecule has 0 aliphatic carbocycles. The largest absolute Gasteiger partial charge is 0.573 e. The molecule has 0 unspecified atom stereocenters. The van der Waals surface area contributed by atoms with Crippen molar-refractivity contribution in [2.45, 2.75) is 27.1 Å². The number of nitrogens with one attached hydrogen (secondary N) is 1. The fourth-order valence-corrected chi connectivity index (χ4v) is 6.25. The minimum atomic E-state index is -4.88. The summed E-state index contributed by atoms with van der Waals surface area (Å²) in [6.45, 7) is 5.04. The zero-order valence-corrected chi connectivity index (χ0v) is 22.1. The number of halogens is 3. The molecule has 0 amide bonds. The molecule has 0 saturated heterocycles. The van der Waals surface area contributed by atoms with Gasteiger partial charge in [-0.05, 0) is 55.0 Å². The molecule has 4 aromatic heterocycles. The van der Waals surface area contributed by atoms with E-state index in [1.165, 1.54) is 30.4 Å². The number of ether oxygens (including phenoxy) is 1. The van der Waals surface area contributed by atoms with Crippen LogP contribution in [0.5, 0.6) is 5.75 Å². The molecule has 0 aliphatic heterocycles. The van der Waals surface area contributed by atoms with Crippen LogP contribution in [0.15, 0.2) is 45.7 Å². The number of aryl methyl sites for hydroxylation is 2. The van der Waals surface area contributed by atoms with Gasteiger partial charge in [-0.25, -0.2) is 9.78 Å². The molecule has 0 saturated carbocycles. The molecule has 14 heteroatoms. The molecule has 0 spiro atoms. The van der Waals surface area contributed by atoms with Gasteiger partial charge in [0.1, 0.15) is 15.5 Å². The van der Waals surface area contributed by atoms with Crippen molar-refractivity contribution in [3.8, 4) is 21.9 Å². The minimum absolute atomic E-state index is 0.00944. The highest BCUT2D eigenvalue weighted by molar-refractivity contribution is 7.21. The van der Waals surface area contributed by atoms with Gasteiger partial charge >= 0.3 is 17.7 Å². The second kappa shape index (κ2) is 9.47. The number of fused-ring (bicyclic) bond motifs is 1. The van der Waals surface area contributed by atoms with E-state index in [1.54, 1.807) is 6.92 Å². The van der Waals surface area contributed by atoms with Crippen molar-refractivity contribution in [1.29, 1.82) is 0 Å². The number of hydrogen-bond acceptors (Lipinski definition) is 9. The molecule has 3 N–H and O–H groups in total. The summed E-state index contributed by atoms with van der Waals surface area (Å²) in [6.07, 6.45) is -4.88. The Balaban J connectivity index is 1.66. The summed E-state index contributed by atoms with van der Waals surface area (Å²) >= 11 is 2.41. The zero-order valence-electron chi connectivity index (χ0n) is 20.4. The van der Waals surface area contributed by atoms with Gasteiger partial charge in [0.15, 0.2) is 5.78 Å². The number of pyridine rings is 1. The Bertz CT molecular complexity index is 1830. The molecule has 5 aromatic rings. The van der Waals surface area contributed by atoms with Crippen molar-refractivity contribution in [2.75, 3.05) is 5.73 Å². The first-order chi connectivity index (χ1) is 18.4. The average molecular weight is 576 g/mol. The number of hydrogen-bond donors (Lipinski definition) is 2. The fraction of sp³-hybridized carbons (Fsp3) is 0.160. The summed E-state index contributed by atoms with van der Waals surface area (Å²) in [6, 6.07) is 8.22. The topological polar surface area (TPSA) is 132 Å². The monoisotopic (exact) mass is 575 g/mol. The van der Waals surface area contributed by atoms with Crippen molar-refractivity contribution >= 4 is 50.1 Å². The van der Waals surface area contributed by atoms with Crippen LogP contribution in [0.3, 0.4) is 0 Å². The summed E-state index contributed by atoms with van der Waals surface area (Å²) in [7, 11) is 0. The molecule has 4 heterocycles. The third-order valence-electron chi connectivity index (χ3n) is 5.79. The Morgan fingerprint density at radius 1 is 1.10 bits per heavy atom. The van der Waals surface area contributed by atoms with Crippen molar-refractivity contribution in [2.24, 2.45) is 0 Å². The third-order valence-corrected chi connectivity index (χ3v) is 7.91. The Morgan fingerprint density at radius 3 is 2.38 bits per heavy atom. The summed E-state index contributed by atoms with van der Waals surface area (Å²) in [5.41, 5.74) is 6.59. The molecule has 1 aromatic carbocycles. The number of alkyl halides is 3. The van der Waals surface area contributed by atoms with Crippen LogP contribution >= 0.6 is 22.7 Å². The first kappa shape index (κ1) is 26.3. The number of nitrogens with zero attached hydrogens (tertiary/aromatic N) is 2. The summed E-state index contributed by atoms with van der Waals surface area (Å²) in [4.78, 5) is 45.6. The Morgan fingerprint density at radius 2 is 1.79 bits per heavy atom. The van der Waals surface area contributed by atoms with E-state index in [-0.39, 0.29) is 22.0 Å². The lowest BCUT2D eigenvalue weighted by atomic mass is 9.98. The van der Waals surface area contributed by atoms with Gasteiger partial charge in [0.2, 0.25) is 5.69 Å². The van der Waals surface area contributed by atoms with Crippen LogP contribution in [-0.4, -0.2) is 28.2 Å². The van der Waals surface area contributed by atoms with E-state index >= 15 is 0 Å². The smallest absolute Gasteiger partial charge is 0.406 e. The molecular formula is C25H18F3N4O5S2+. The van der Waals surface area contributed by atoms with E-state index in [0.717, 1.165) is 37.9 Å². The molecule has 39 heavy (non-hydrogen) atoms. The molecule has 0 radical (unpaired) electrons. The number of Topliss-reactive ketones (excluding diaryl/α,β-unsaturated/α-hetero) is 1. The molecule has 0 bridgehead atoms. The fourth-order valence-electron chi connectivity index (χ4n) is 4.23. The van der Waals surface area contributed by atoms with Crippen LogP contribution in [0, 0.1) is 13.8 Å². The van der Waals surface area contributed by atoms with Crippen LogP contribution in [0.25, 0.3) is 26.3 Å². The molecule has 9 nitrogen and oxygen atoms in total. The van der Waals surface area contributed by atoms with Crippen molar-refractivity contribution in [1.82, 2.24) is 10.3 Å². The van der Waals surface area contributed by atoms with Crippen LogP contribution < -0.4 is 20.8 Å². The highest BCUT2D eigenvalue weighted by atomic mass is 32.1. The Labute approximate surface area is 225 Å². The normalized spacial score (nSPS) is 11.7. The van der Waals surface area contributed by atoms with Crippen molar-refractivity contribution < 1.29 is 36.7 Å². The number of thiophene rings is 2. The van der Waals surface area contributed by atoms with Gasteiger partial charge in [-0.15, -0.1) is 35.8 Å². The van der Waals surface area contributed by atoms with Crippen molar-refractivity contribution in [3.63, 3.8) is 0 Å². The summed E-state index contributed by atoms with van der Waals surface area (Å²) in [5.74, 6) is -1.50. The molecule has 0 fully saturated rings. The van der Waals surface area contributed by atoms with Gasteiger partial charge in [0, 0.05) is 38.4 Å². The van der Waals surface area contributed by atoms with Crippen LogP contribution in [0.4, 0.5) is 18.9 Å². The SMILES string of the molecule is CC(=O)c1c(C)nc2sc(C(=O)c3c(=O)o[nH][n+]3-c3ccc(OC(F)(F)F)cc3)c(N)c2c1-c1ccc(C)s1. The van der Waals surface area contributed by atoms with E-state index in [4.69, 9.17) is 10.3 Å². The van der Waals surface area contributed by atoms with E-state index in [2.05, 4.69) is 15.0 Å². The van der Waals surface area contributed by atoms with Gasteiger partial charge in [-0.1, -0.05) is 0 Å². The second-order valence-corrected chi connectivity index (χ2v) is 10.8. The van der Waals surface area contributed by atoms with Crippen molar-refractivity contribution in [3.05, 3.63) is 73.5 Å². The number of ketones is 2. The number of benzene rings is 1. The summed E-state index contributed by atoms with van der Waals surface area (Å²) < 4.78 is 47.2. The van der Waals surface area contributed by atoms with E-state index in [9.17, 15) is 27.6 Å². The number of aromatic amines is 1. The lowest BCUT2D eigenvalue weighted by Gasteiger charge is -2.11. The number of nitrogens with two attached hydrogens (primary N) is 1. The zero-order chi connectivity index (χ0) is 28.2. The Hall–Kier alpha value is -4.30. The number of rotatable bonds is 6. The van der Waals surface area contributed by atoms with Gasteiger partial charge in [-0.3, -0.25) is 14.1 Å². The highest BCUT2D eigenvalue weighted by Crippen LogP contribution is 2.44. The number of anilines is 1. The predicted octanol–water partition coefficient (Wildman–Crippen LogP) is 5.11. The number of aromatic nitrogens is 3. The number of H-pyrrole nitrogens is 1. The first-order valence-corrected chi connectivity index (χ1v) is 12.8. The third kappa shape index (κ3) is 4.72. The molecular weight excluding hydrogens is 557 g/mol. The van der Waals surface area contributed by atoms with E-state index < -0.39 is 29.2 Å². The predicted molar refractivity (Wildman–Crippen MR) is 138 cm³/mol. The maximum atomic E-state index is 13.7. The van der Waals surface area contributed by atoms with E-state index in [1.807, 2.05) is 19.1 Å². The first-order valence-electron chi connectivity index (χ1n) is 11.2. The average Bonchev–Trinajstić information content (AvgIpc) is 3.54. The van der Waals surface area contributed by atoms with Gasteiger partial charge in [0.25, 0.3) is 5.78 Å². The molecule has 0 atom stereocenters. The molecule has 200 valence electrons. The molecule has 5 rings (SSSR count). The maximum Gasteiger partial charge on any atom is 0.573 e. The minimum Gasteiger partial charge on any atom is -0.406 e. The highest BCUT2D eigenvalue weighted by Gasteiger charge is 2.36. The standard InChI is InChI=1S/C25H17F3N4O5S2/c1-10-4-9-15(38-10)17-16(12(3)33)11(2)30-23-18(17)19(29)22(39-23)21(34)20-24(35)37-31-32(20)13-5-7-14(8-6-13)36-25(26,27)28/h4-9H,1-3H3,(H2-,29,31,34,35)/p+1. The van der Waals surface area contributed by atoms with E-state index in [0.29, 0.717) is 27.0 Å². The van der Waals surface area contributed by atoms with Gasteiger partial charge < -0.3 is 10.5 Å². The number of carbonyl (C=O) groups excluding carboxylic acids is 2. The number of carbonyl (C=O) groups is 2. The lowest BCUT2D eigenvalue weighted by Crippen LogP contribution is -2.41. The van der Waals surface area contributed by atoms with Gasteiger partial charge in [0.05, 0.1) is 11.4 Å². The van der Waals surface area contributed by atoms with Crippen LogP contribution in [-0.2, 0) is 0 Å². The Kier molecular flexibility index (Phi) is 6.39. The second-order valence-electron chi connectivity index (χ2n) is 8.47. The number of nitrogen functional groups attached to an aromatic ring is 1. The quantitative estimate of drug-likeness (QED) is 0.212. The van der Waals surface area contributed by atoms with Crippen LogP contribution in [0.1, 0.15) is 43.2 Å². The maximum absolute atomic E-state index is 13.7. The molecule has 0 aliphatic rings. The summed E-state index contributed by atoms with van der Waals surface area (Å²) in [5, 5.41) is 2.70.